The molecule has 14 heavy (non-hydrogen) atoms. The van der Waals surface area contributed by atoms with Crippen LogP contribution in [0.3, 0.4) is 0 Å². The van der Waals surface area contributed by atoms with Crippen LogP contribution >= 0.6 is 11.6 Å². The highest BCUT2D eigenvalue weighted by Crippen LogP contribution is 2.19. The first-order valence-corrected chi connectivity index (χ1v) is 4.26. The minimum absolute atomic E-state index is 0.143. The van der Waals surface area contributed by atoms with Crippen LogP contribution in [0.5, 0.6) is 0 Å². The van der Waals surface area contributed by atoms with Crippen LogP contribution in [-0.2, 0) is 4.79 Å². The van der Waals surface area contributed by atoms with Gasteiger partial charge < -0.3 is 10.6 Å². The van der Waals surface area contributed by atoms with E-state index in [9.17, 15) is 9.59 Å². The van der Waals surface area contributed by atoms with Gasteiger partial charge in [0.25, 0.3) is 0 Å². The maximum absolute atomic E-state index is 11.1. The van der Waals surface area contributed by atoms with Crippen molar-refractivity contribution in [3.63, 3.8) is 0 Å². The second-order valence-corrected chi connectivity index (χ2v) is 2.84. The smallest absolute Gasteiger partial charge is 0.319 e. The van der Waals surface area contributed by atoms with Crippen LogP contribution < -0.4 is 10.6 Å². The molecule has 1 aromatic carbocycles. The third-order valence-corrected chi connectivity index (χ3v) is 1.77. The fourth-order valence-electron chi connectivity index (χ4n) is 0.845. The van der Waals surface area contributed by atoms with E-state index in [2.05, 4.69) is 10.6 Å². The number of nitrogens with one attached hydrogen (secondary N) is 2. The number of urea groups is 1. The first-order chi connectivity index (χ1) is 6.74. The highest BCUT2D eigenvalue weighted by molar-refractivity contribution is 6.33. The number of hydrogen-bond acceptors (Lipinski definition) is 2. The number of anilines is 1. The molecule has 2 amide bonds. The third kappa shape index (κ3) is 3.06. The number of carbonyl (C=O) groups excluding carboxylic acids is 2. The number of benzene rings is 1. The molecule has 4 nitrogen and oxygen atoms in total. The van der Waals surface area contributed by atoms with Gasteiger partial charge >= 0.3 is 6.03 Å². The Morgan fingerprint density at radius 1 is 1.43 bits per heavy atom. The van der Waals surface area contributed by atoms with Gasteiger partial charge in [-0.3, -0.25) is 4.79 Å². The summed E-state index contributed by atoms with van der Waals surface area (Å²) in [5, 5.41) is 5.20. The van der Waals surface area contributed by atoms with Gasteiger partial charge in [-0.15, -0.1) is 0 Å². The molecule has 0 aliphatic rings. The molecule has 0 aliphatic heterocycles. The summed E-state index contributed by atoms with van der Waals surface area (Å²) in [5.74, 6) is 0. The molecule has 0 spiro atoms. The molecule has 73 valence electrons. The van der Waals surface area contributed by atoms with Crippen molar-refractivity contribution in [1.82, 2.24) is 5.32 Å². The van der Waals surface area contributed by atoms with Crippen LogP contribution in [0.4, 0.5) is 10.5 Å². The fourth-order valence-corrected chi connectivity index (χ4v) is 1.03. The Balaban J connectivity index is 2.56. The summed E-state index contributed by atoms with van der Waals surface area (Å²) in [5.41, 5.74) is 0.498. The van der Waals surface area contributed by atoms with Gasteiger partial charge in [-0.1, -0.05) is 23.7 Å². The maximum atomic E-state index is 11.1. The topological polar surface area (TPSA) is 58.2 Å². The van der Waals surface area contributed by atoms with Gasteiger partial charge in [0.05, 0.1) is 17.3 Å². The second-order valence-electron chi connectivity index (χ2n) is 2.43. The lowest BCUT2D eigenvalue weighted by Crippen LogP contribution is -2.30. The Kier molecular flexibility index (Phi) is 3.94. The van der Waals surface area contributed by atoms with Gasteiger partial charge in [0.2, 0.25) is 6.29 Å². The van der Waals surface area contributed by atoms with E-state index in [0.29, 0.717) is 10.7 Å². The molecule has 0 saturated carbocycles. The zero-order valence-corrected chi connectivity index (χ0v) is 7.97. The van der Waals surface area contributed by atoms with Crippen molar-refractivity contribution >= 4 is 29.6 Å². The monoisotopic (exact) mass is 211 g/mol. The van der Waals surface area contributed by atoms with Gasteiger partial charge in [-0.05, 0) is 12.1 Å². The third-order valence-electron chi connectivity index (χ3n) is 1.44. The first kappa shape index (κ1) is 10.5. The normalized spacial score (nSPS) is 9.21. The fraction of sp³-hybridized carbons (Fsp3) is 0.111. The van der Waals surface area contributed by atoms with Crippen molar-refractivity contribution in [2.75, 3.05) is 11.9 Å². The van der Waals surface area contributed by atoms with Crippen molar-refractivity contribution in [3.05, 3.63) is 29.3 Å². The average molecular weight is 212 g/mol. The molecule has 0 aromatic heterocycles. The van der Waals surface area contributed by atoms with E-state index >= 15 is 0 Å². The van der Waals surface area contributed by atoms with Crippen LogP contribution in [0.15, 0.2) is 24.3 Å². The maximum Gasteiger partial charge on any atom is 0.319 e. The summed E-state index contributed by atoms with van der Waals surface area (Å²) >= 11 is 5.78. The summed E-state index contributed by atoms with van der Waals surface area (Å²) in [7, 11) is 0. The highest BCUT2D eigenvalue weighted by Gasteiger charge is 2.02. The Hall–Kier alpha value is -1.55. The number of hydrogen-bond donors (Lipinski definition) is 2. The van der Waals surface area contributed by atoms with Crippen molar-refractivity contribution < 1.29 is 9.59 Å². The molecule has 2 N–H and O–H groups in total. The second kappa shape index (κ2) is 5.24. The van der Waals surface area contributed by atoms with Crippen LogP contribution in [-0.4, -0.2) is 18.9 Å². The van der Waals surface area contributed by atoms with E-state index in [1.54, 1.807) is 30.6 Å². The van der Waals surface area contributed by atoms with Gasteiger partial charge in [-0.2, -0.15) is 0 Å². The molecule has 1 radical (unpaired) electrons. The number of para-hydroxylation sites is 1. The van der Waals surface area contributed by atoms with E-state index in [1.165, 1.54) is 0 Å². The predicted octanol–water partition coefficient (Wildman–Crippen LogP) is 1.57. The Bertz CT molecular complexity index is 341. The lowest BCUT2D eigenvalue weighted by molar-refractivity contribution is 0.253. The molecule has 0 fully saturated rings. The Morgan fingerprint density at radius 2 is 2.14 bits per heavy atom. The molecule has 0 bridgehead atoms. The van der Waals surface area contributed by atoms with E-state index in [0.717, 1.165) is 0 Å². The summed E-state index contributed by atoms with van der Waals surface area (Å²) in [6.45, 7) is -0.143. The molecule has 0 heterocycles. The number of amides is 2. The quantitative estimate of drug-likeness (QED) is 0.798. The summed E-state index contributed by atoms with van der Waals surface area (Å²) in [4.78, 5) is 20.9. The highest BCUT2D eigenvalue weighted by atomic mass is 35.5. The number of halogens is 1. The largest absolute Gasteiger partial charge is 0.330 e. The summed E-state index contributed by atoms with van der Waals surface area (Å²) < 4.78 is 0. The molecule has 0 atom stereocenters. The van der Waals surface area contributed by atoms with E-state index in [1.807, 2.05) is 0 Å². The summed E-state index contributed by atoms with van der Waals surface area (Å²) in [6.07, 6.45) is 1.54. The number of carbonyl (C=O) groups is 1. The Morgan fingerprint density at radius 3 is 2.79 bits per heavy atom. The SMILES string of the molecule is O=[C]CNC(=O)Nc1ccccc1Cl. The van der Waals surface area contributed by atoms with E-state index in [4.69, 9.17) is 11.6 Å². The van der Waals surface area contributed by atoms with Gasteiger partial charge in [-0.25, -0.2) is 4.79 Å². The molecular weight excluding hydrogens is 204 g/mol. The molecule has 0 unspecified atom stereocenters. The molecule has 1 aromatic rings. The van der Waals surface area contributed by atoms with Crippen molar-refractivity contribution in [2.24, 2.45) is 0 Å². The van der Waals surface area contributed by atoms with Crippen LogP contribution in [0.2, 0.25) is 5.02 Å². The zero-order valence-electron chi connectivity index (χ0n) is 7.21. The van der Waals surface area contributed by atoms with Crippen molar-refractivity contribution in [2.45, 2.75) is 0 Å². The molecule has 0 saturated heterocycles. The zero-order chi connectivity index (χ0) is 10.4. The van der Waals surface area contributed by atoms with Crippen molar-refractivity contribution in [3.8, 4) is 0 Å². The van der Waals surface area contributed by atoms with Crippen LogP contribution in [0, 0.1) is 0 Å². The van der Waals surface area contributed by atoms with Crippen molar-refractivity contribution in [1.29, 1.82) is 0 Å². The standard InChI is InChI=1S/C9H8ClN2O2/c10-7-3-1-2-4-8(7)12-9(14)11-5-6-13/h1-4H,5H2,(H2,11,12,14). The predicted molar refractivity (Wildman–Crippen MR) is 54.2 cm³/mol. The Labute approximate surface area is 86.3 Å². The van der Waals surface area contributed by atoms with E-state index in [-0.39, 0.29) is 6.54 Å². The van der Waals surface area contributed by atoms with Gasteiger partial charge in [0, 0.05) is 0 Å². The lowest BCUT2D eigenvalue weighted by Gasteiger charge is -2.06. The van der Waals surface area contributed by atoms with Gasteiger partial charge in [0.1, 0.15) is 0 Å². The molecule has 0 aliphatic carbocycles. The molecule has 5 heteroatoms. The first-order valence-electron chi connectivity index (χ1n) is 3.88. The molecule has 1 rings (SSSR count). The molecular formula is C9H8ClN2O2. The van der Waals surface area contributed by atoms with Crippen LogP contribution in [0.1, 0.15) is 0 Å². The minimum Gasteiger partial charge on any atom is -0.330 e. The summed E-state index contributed by atoms with van der Waals surface area (Å²) in [6, 6.07) is 6.33. The number of rotatable bonds is 3. The van der Waals surface area contributed by atoms with E-state index < -0.39 is 6.03 Å². The lowest BCUT2D eigenvalue weighted by atomic mass is 10.3. The van der Waals surface area contributed by atoms with Crippen LogP contribution in [0.25, 0.3) is 0 Å². The van der Waals surface area contributed by atoms with Gasteiger partial charge in [0.15, 0.2) is 0 Å². The average Bonchev–Trinajstić information content (AvgIpc) is 2.18. The minimum atomic E-state index is -0.485.